The number of aryl methyl sites for hydroxylation is 1. The highest BCUT2D eigenvalue weighted by Crippen LogP contribution is 2.40. The van der Waals surface area contributed by atoms with E-state index in [0.29, 0.717) is 36.4 Å². The molecule has 0 spiro atoms. The van der Waals surface area contributed by atoms with Gasteiger partial charge in [-0.2, -0.15) is 0 Å². The number of aliphatic hydroxyl groups excluding tert-OH is 1. The number of allylic oxidation sites excluding steroid dienone is 2. The third kappa shape index (κ3) is 3.29. The number of ketones is 1. The molecule has 1 aromatic heterocycles. The van der Waals surface area contributed by atoms with Gasteiger partial charge in [-0.3, -0.25) is 4.79 Å². The standard InChI is InChI=1S/C18H21NO4S/c1-2-23-18(22)16-11-6-3-4-9-15(11)24-17(16)19-10-12-13(20)7-5-8-14(12)21/h10,20H,2-9H2,1H3. The quantitative estimate of drug-likeness (QED) is 0.658. The van der Waals surface area contributed by atoms with Crippen molar-refractivity contribution < 1.29 is 19.4 Å². The summed E-state index contributed by atoms with van der Waals surface area (Å²) in [5, 5.41) is 10.5. The number of carbonyl (C=O) groups excluding carboxylic acids is 2. The second-order valence-corrected chi connectivity index (χ2v) is 7.09. The number of ether oxygens (including phenoxy) is 1. The first-order chi connectivity index (χ1) is 11.6. The Morgan fingerprint density at radius 3 is 2.79 bits per heavy atom. The number of thiophene rings is 1. The minimum atomic E-state index is -0.350. The summed E-state index contributed by atoms with van der Waals surface area (Å²) in [7, 11) is 0. The second kappa shape index (κ2) is 7.30. The zero-order valence-electron chi connectivity index (χ0n) is 13.8. The van der Waals surface area contributed by atoms with E-state index in [1.54, 1.807) is 6.92 Å². The number of Topliss-reactive ketones (excluding diaryl/α,β-unsaturated/α-hetero) is 1. The van der Waals surface area contributed by atoms with Crippen LogP contribution in [0, 0.1) is 0 Å². The van der Waals surface area contributed by atoms with E-state index in [-0.39, 0.29) is 23.1 Å². The fourth-order valence-electron chi connectivity index (χ4n) is 3.17. The molecule has 128 valence electrons. The van der Waals surface area contributed by atoms with Gasteiger partial charge in [0.2, 0.25) is 0 Å². The molecular formula is C18H21NO4S. The lowest BCUT2D eigenvalue weighted by molar-refractivity contribution is -0.115. The van der Waals surface area contributed by atoms with E-state index in [4.69, 9.17) is 4.74 Å². The molecule has 3 rings (SSSR count). The van der Waals surface area contributed by atoms with Gasteiger partial charge < -0.3 is 9.84 Å². The van der Waals surface area contributed by atoms with Crippen molar-refractivity contribution >= 4 is 34.3 Å². The molecule has 0 aliphatic heterocycles. The first kappa shape index (κ1) is 16.9. The predicted octanol–water partition coefficient (Wildman–Crippen LogP) is 4.07. The van der Waals surface area contributed by atoms with Crippen LogP contribution in [0.3, 0.4) is 0 Å². The largest absolute Gasteiger partial charge is 0.512 e. The highest BCUT2D eigenvalue weighted by molar-refractivity contribution is 7.16. The van der Waals surface area contributed by atoms with Crippen molar-refractivity contribution in [3.05, 3.63) is 27.3 Å². The van der Waals surface area contributed by atoms with Crippen molar-refractivity contribution in [2.75, 3.05) is 6.61 Å². The maximum absolute atomic E-state index is 12.4. The van der Waals surface area contributed by atoms with Gasteiger partial charge in [-0.1, -0.05) is 0 Å². The lowest BCUT2D eigenvalue weighted by atomic mass is 9.95. The molecule has 0 fully saturated rings. The predicted molar refractivity (Wildman–Crippen MR) is 93.6 cm³/mol. The van der Waals surface area contributed by atoms with Crippen LogP contribution in [-0.2, 0) is 22.4 Å². The van der Waals surface area contributed by atoms with Crippen LogP contribution in [0.1, 0.15) is 59.8 Å². The lowest BCUT2D eigenvalue weighted by Crippen LogP contribution is -2.12. The molecule has 0 radical (unpaired) electrons. The average Bonchev–Trinajstić information content (AvgIpc) is 2.93. The van der Waals surface area contributed by atoms with Crippen LogP contribution in [0.25, 0.3) is 0 Å². The summed E-state index contributed by atoms with van der Waals surface area (Å²) in [5.41, 5.74) is 1.85. The first-order valence-corrected chi connectivity index (χ1v) is 9.24. The van der Waals surface area contributed by atoms with Gasteiger partial charge in [0.05, 0.1) is 17.7 Å². The number of fused-ring (bicyclic) bond motifs is 1. The molecule has 1 N–H and O–H groups in total. The summed E-state index contributed by atoms with van der Waals surface area (Å²) < 4.78 is 5.19. The van der Waals surface area contributed by atoms with E-state index in [1.807, 2.05) is 0 Å². The Hall–Kier alpha value is -1.95. The van der Waals surface area contributed by atoms with Crippen molar-refractivity contribution in [2.45, 2.75) is 51.9 Å². The number of hydrogen-bond donors (Lipinski definition) is 1. The molecule has 0 aromatic carbocycles. The summed E-state index contributed by atoms with van der Waals surface area (Å²) in [6, 6.07) is 0. The van der Waals surface area contributed by atoms with Crippen molar-refractivity contribution in [2.24, 2.45) is 4.99 Å². The van der Waals surface area contributed by atoms with Gasteiger partial charge in [-0.15, -0.1) is 11.3 Å². The Bertz CT molecular complexity index is 730. The minimum absolute atomic E-state index is 0.0917. The van der Waals surface area contributed by atoms with Crippen LogP contribution in [-0.4, -0.2) is 29.7 Å². The molecule has 1 heterocycles. The van der Waals surface area contributed by atoms with Gasteiger partial charge in [0.25, 0.3) is 0 Å². The topological polar surface area (TPSA) is 76.0 Å². The SMILES string of the molecule is CCOC(=O)c1c(N=CC2=C(O)CCCC2=O)sc2c1CCCC2. The fraction of sp³-hybridized carbons (Fsp3) is 0.500. The molecule has 1 aromatic rings. The number of nitrogens with zero attached hydrogens (tertiary/aromatic N) is 1. The highest BCUT2D eigenvalue weighted by Gasteiger charge is 2.26. The van der Waals surface area contributed by atoms with E-state index in [1.165, 1.54) is 22.4 Å². The van der Waals surface area contributed by atoms with Crippen LogP contribution in [0.5, 0.6) is 0 Å². The van der Waals surface area contributed by atoms with Crippen molar-refractivity contribution in [3.8, 4) is 0 Å². The van der Waals surface area contributed by atoms with Crippen molar-refractivity contribution in [3.63, 3.8) is 0 Å². The zero-order valence-corrected chi connectivity index (χ0v) is 14.6. The molecule has 0 bridgehead atoms. The minimum Gasteiger partial charge on any atom is -0.512 e. The summed E-state index contributed by atoms with van der Waals surface area (Å²) in [5.74, 6) is -0.354. The van der Waals surface area contributed by atoms with Crippen LogP contribution in [0.4, 0.5) is 5.00 Å². The molecule has 6 heteroatoms. The molecular weight excluding hydrogens is 326 g/mol. The zero-order chi connectivity index (χ0) is 17.1. The maximum Gasteiger partial charge on any atom is 0.341 e. The third-order valence-corrected chi connectivity index (χ3v) is 5.57. The van der Waals surface area contributed by atoms with Crippen LogP contribution >= 0.6 is 11.3 Å². The van der Waals surface area contributed by atoms with Gasteiger partial charge >= 0.3 is 5.97 Å². The number of aliphatic hydroxyl groups is 1. The monoisotopic (exact) mass is 347 g/mol. The van der Waals surface area contributed by atoms with Crippen molar-refractivity contribution in [1.82, 2.24) is 0 Å². The van der Waals surface area contributed by atoms with E-state index >= 15 is 0 Å². The second-order valence-electron chi connectivity index (χ2n) is 6.01. The highest BCUT2D eigenvalue weighted by atomic mass is 32.1. The van der Waals surface area contributed by atoms with Gasteiger partial charge in [-0.05, 0) is 44.6 Å². The number of carbonyl (C=O) groups is 2. The molecule has 24 heavy (non-hydrogen) atoms. The molecule has 0 saturated heterocycles. The fourth-order valence-corrected chi connectivity index (χ4v) is 4.39. The van der Waals surface area contributed by atoms with Crippen LogP contribution in [0.15, 0.2) is 16.3 Å². The van der Waals surface area contributed by atoms with Gasteiger partial charge in [0.15, 0.2) is 5.78 Å². The maximum atomic E-state index is 12.4. The van der Waals surface area contributed by atoms with Crippen LogP contribution < -0.4 is 0 Å². The Balaban J connectivity index is 1.98. The molecule has 0 saturated carbocycles. The average molecular weight is 347 g/mol. The third-order valence-electron chi connectivity index (χ3n) is 4.37. The Morgan fingerprint density at radius 2 is 2.04 bits per heavy atom. The Labute approximate surface area is 145 Å². The summed E-state index contributed by atoms with van der Waals surface area (Å²) in [4.78, 5) is 29.9. The molecule has 5 nitrogen and oxygen atoms in total. The van der Waals surface area contributed by atoms with Gasteiger partial charge in [-0.25, -0.2) is 9.79 Å². The molecule has 2 aliphatic rings. The first-order valence-electron chi connectivity index (χ1n) is 8.42. The Morgan fingerprint density at radius 1 is 1.25 bits per heavy atom. The molecule has 0 unspecified atom stereocenters. The van der Waals surface area contributed by atoms with E-state index in [0.717, 1.165) is 31.2 Å². The van der Waals surface area contributed by atoms with Gasteiger partial charge in [0, 0.05) is 23.9 Å². The van der Waals surface area contributed by atoms with E-state index in [2.05, 4.69) is 4.99 Å². The van der Waals surface area contributed by atoms with Crippen LogP contribution in [0.2, 0.25) is 0 Å². The van der Waals surface area contributed by atoms with Gasteiger partial charge in [0.1, 0.15) is 10.8 Å². The normalized spacial score (nSPS) is 18.1. The number of aliphatic imine (C=N–C) groups is 1. The van der Waals surface area contributed by atoms with E-state index in [9.17, 15) is 14.7 Å². The number of esters is 1. The lowest BCUT2D eigenvalue weighted by Gasteiger charge is -2.12. The molecule has 2 aliphatic carbocycles. The smallest absolute Gasteiger partial charge is 0.341 e. The van der Waals surface area contributed by atoms with E-state index < -0.39 is 0 Å². The van der Waals surface area contributed by atoms with Crippen molar-refractivity contribution in [1.29, 1.82) is 0 Å². The summed E-state index contributed by atoms with van der Waals surface area (Å²) >= 11 is 1.49. The number of hydrogen-bond acceptors (Lipinski definition) is 6. The summed E-state index contributed by atoms with van der Waals surface area (Å²) in [6.07, 6.45) is 7.00. The Kier molecular flexibility index (Phi) is 5.14. The molecule has 0 amide bonds. The number of rotatable bonds is 4. The molecule has 0 atom stereocenters. The summed E-state index contributed by atoms with van der Waals surface area (Å²) in [6.45, 7) is 2.10.